The number of aryl methyl sites for hydroxylation is 1. The first-order chi connectivity index (χ1) is 29.8. The minimum atomic E-state index is -4.60. The molecule has 15 heteroatoms. The molecule has 7 rings (SSSR count). The van der Waals surface area contributed by atoms with Crippen molar-refractivity contribution in [3.8, 4) is 0 Å². The molecule has 1 atom stereocenters. The van der Waals surface area contributed by atoms with Crippen LogP contribution in [0.15, 0.2) is 143 Å². The number of sulfone groups is 1. The third kappa shape index (κ3) is 22.7. The third-order valence-corrected chi connectivity index (χ3v) is 20.5. The van der Waals surface area contributed by atoms with Crippen molar-refractivity contribution < 1.29 is 95.2 Å². The van der Waals surface area contributed by atoms with E-state index in [9.17, 15) is 21.4 Å². The Balaban J connectivity index is 0. The molecule has 0 spiro atoms. The molecule has 0 radical (unpaired) electrons. The molecule has 0 amide bonds. The van der Waals surface area contributed by atoms with Gasteiger partial charge in [-0.05, 0) is 124 Å². The van der Waals surface area contributed by atoms with Crippen molar-refractivity contribution >= 4 is 83.8 Å². The summed E-state index contributed by atoms with van der Waals surface area (Å²) < 4.78 is 58.5. The van der Waals surface area contributed by atoms with E-state index >= 15 is 0 Å². The van der Waals surface area contributed by atoms with Crippen molar-refractivity contribution in [2.75, 3.05) is 26.7 Å². The molecule has 1 unspecified atom stereocenters. The molecule has 65 heavy (non-hydrogen) atoms. The van der Waals surface area contributed by atoms with Crippen LogP contribution in [-0.4, -0.2) is 73.0 Å². The first-order valence-electron chi connectivity index (χ1n) is 20.6. The number of carbonyl (C=O) groups is 2. The Hall–Kier alpha value is -1.45. The fourth-order valence-corrected chi connectivity index (χ4v) is 15.9. The van der Waals surface area contributed by atoms with Gasteiger partial charge in [0.1, 0.15) is 23.7 Å². The first-order valence-corrected chi connectivity index (χ1v) is 28.9. The molecule has 2 fully saturated rings. The van der Waals surface area contributed by atoms with Crippen LogP contribution in [0.25, 0.3) is 0 Å². The maximum atomic E-state index is 12.0. The van der Waals surface area contributed by atoms with Gasteiger partial charge in [0.15, 0.2) is 9.84 Å². The van der Waals surface area contributed by atoms with Crippen molar-refractivity contribution in [3.63, 3.8) is 0 Å². The fraction of sp³-hybridized carbons (Fsp3) is 0.360. The summed E-state index contributed by atoms with van der Waals surface area (Å²) in [5.74, 6) is 0. The molecule has 5 aromatic carbocycles. The molecule has 2 aliphatic carbocycles. The van der Waals surface area contributed by atoms with Gasteiger partial charge < -0.3 is 19.2 Å². The molecule has 8 nitrogen and oxygen atoms in total. The van der Waals surface area contributed by atoms with Crippen molar-refractivity contribution in [1.29, 1.82) is 0 Å². The molecule has 0 N–H and O–H groups in total. The van der Waals surface area contributed by atoms with Crippen LogP contribution < -0.4 is 90.7 Å². The van der Waals surface area contributed by atoms with Gasteiger partial charge in [-0.1, -0.05) is 161 Å². The number of rotatable bonds is 9. The van der Waals surface area contributed by atoms with E-state index in [0.717, 1.165) is 40.9 Å². The average molecular weight is 999 g/mol. The average Bonchev–Trinajstić information content (AvgIpc) is 3.32. The van der Waals surface area contributed by atoms with Crippen LogP contribution in [-0.2, 0) is 29.5 Å². The Labute approximate surface area is 440 Å². The summed E-state index contributed by atoms with van der Waals surface area (Å²) in [7, 11) is -8.29. The largest absolute Gasteiger partial charge is 1.00 e. The number of hydrogen-bond donors (Lipinski definition) is 0. The van der Waals surface area contributed by atoms with Gasteiger partial charge in [-0.25, -0.2) is 16.8 Å². The van der Waals surface area contributed by atoms with Crippen LogP contribution >= 0.6 is 23.8 Å². The molecule has 0 heterocycles. The summed E-state index contributed by atoms with van der Waals surface area (Å²) in [4.78, 5) is 15.9. The summed E-state index contributed by atoms with van der Waals surface area (Å²) in [6.45, 7) is 10.9. The number of carbonyl (C=O) groups excluding carboxylic acids is 2. The van der Waals surface area contributed by atoms with Gasteiger partial charge in [-0.3, -0.25) is 0 Å². The molecular formula is C50H67Na2O8P3S2. The fourth-order valence-electron chi connectivity index (χ4n) is 7.57. The van der Waals surface area contributed by atoms with Gasteiger partial charge >= 0.3 is 59.1 Å². The molecule has 2 saturated carbocycles. The Morgan fingerprint density at radius 2 is 0.846 bits per heavy atom. The zero-order valence-corrected chi connectivity index (χ0v) is 47.1. The van der Waals surface area contributed by atoms with Crippen molar-refractivity contribution in [2.45, 2.75) is 99.7 Å². The van der Waals surface area contributed by atoms with Gasteiger partial charge in [-0.2, -0.15) is 7.11 Å². The molecular weight excluding hydrogens is 932 g/mol. The zero-order valence-electron chi connectivity index (χ0n) is 38.8. The SMILES string of the molecule is C.C=O.C=O.CP(C1CCCCC1)C1CCCCC1.CP(c1ccccc1)c1ccccc1.C[O-].Cc1cccc(P(c2cccc(S(C)(=O)=O)c2)c2cccc(S(=O)(=O)[O-])c2)c1.[Na+].[Na+]. The topological polar surface area (TPSA) is 149 Å². The summed E-state index contributed by atoms with van der Waals surface area (Å²) >= 11 is 0. The second kappa shape index (κ2) is 35.6. The number of benzene rings is 5. The van der Waals surface area contributed by atoms with E-state index in [1.165, 1.54) is 73.4 Å². The maximum Gasteiger partial charge on any atom is 1.00 e. The van der Waals surface area contributed by atoms with Gasteiger partial charge in [-0.15, -0.1) is 7.92 Å². The van der Waals surface area contributed by atoms with E-state index in [1.54, 1.807) is 43.9 Å². The predicted octanol–water partition coefficient (Wildman–Crippen LogP) is 2.82. The van der Waals surface area contributed by atoms with Gasteiger partial charge in [0.05, 0.1) is 9.79 Å². The second-order valence-electron chi connectivity index (χ2n) is 14.9. The Kier molecular flexibility index (Phi) is 36.0. The summed E-state index contributed by atoms with van der Waals surface area (Å²) in [6.07, 6.45) is 16.6. The normalized spacial score (nSPS) is 14.0. The van der Waals surface area contributed by atoms with Crippen LogP contribution in [0, 0.1) is 6.92 Å². The van der Waals surface area contributed by atoms with Crippen LogP contribution in [0.4, 0.5) is 0 Å². The monoisotopic (exact) mass is 998 g/mol. The molecule has 0 aliphatic heterocycles. The molecule has 0 saturated heterocycles. The standard InChI is InChI=1S/C20H19O5PS2.C13H25P.C13H13P.CH3O.2CH2O.CH4.2Na/c1-15-6-3-7-16(12-15)26(17-8-4-10-19(13-17)27(2,21)22)18-9-5-11-20(14-18)28(23,24)25;2*1-14(12-8-4-2-5-9-12)13-10-6-3-7-11-13;3*1-2;;;/h3-14H,1-2H3,(H,23,24,25);12-13H,2-11H2,1H3;2-11H,1H3;1H3;2*1H2;1H4;;/q;;;-1;;;;2*+1/p-1. The van der Waals surface area contributed by atoms with Crippen LogP contribution in [0.2, 0.25) is 0 Å². The Bertz CT molecular complexity index is 2110. The molecule has 2 aliphatic rings. The van der Waals surface area contributed by atoms with E-state index in [4.69, 9.17) is 14.7 Å². The smallest absolute Gasteiger partial charge is 0.857 e. The maximum absolute atomic E-state index is 12.0. The van der Waals surface area contributed by atoms with Crippen LogP contribution in [0.3, 0.4) is 0 Å². The summed E-state index contributed by atoms with van der Waals surface area (Å²) in [5, 5.41) is 13.5. The zero-order chi connectivity index (χ0) is 46.1. The minimum Gasteiger partial charge on any atom is -0.857 e. The Morgan fingerprint density at radius 3 is 1.22 bits per heavy atom. The van der Waals surface area contributed by atoms with E-state index in [1.807, 2.05) is 50.8 Å². The quantitative estimate of drug-likeness (QED) is 0.125. The molecule has 344 valence electrons. The van der Waals surface area contributed by atoms with E-state index in [2.05, 4.69) is 74.0 Å². The minimum absolute atomic E-state index is 0. The molecule has 0 bridgehead atoms. The van der Waals surface area contributed by atoms with Crippen molar-refractivity contribution in [2.24, 2.45) is 0 Å². The Morgan fingerprint density at radius 1 is 0.508 bits per heavy atom. The van der Waals surface area contributed by atoms with Crippen molar-refractivity contribution in [3.05, 3.63) is 139 Å². The second-order valence-corrected chi connectivity index (χ2v) is 25.4. The van der Waals surface area contributed by atoms with Gasteiger partial charge in [0.25, 0.3) is 0 Å². The first kappa shape index (κ1) is 65.6. The van der Waals surface area contributed by atoms with E-state index in [-0.39, 0.29) is 84.3 Å². The van der Waals surface area contributed by atoms with E-state index < -0.39 is 27.9 Å². The third-order valence-electron chi connectivity index (χ3n) is 10.7. The molecule has 5 aromatic rings. The van der Waals surface area contributed by atoms with Crippen LogP contribution in [0.1, 0.15) is 77.2 Å². The number of hydrogen-bond acceptors (Lipinski definition) is 8. The van der Waals surface area contributed by atoms with E-state index in [0.29, 0.717) is 13.2 Å². The summed E-state index contributed by atoms with van der Waals surface area (Å²) in [5.41, 5.74) is 3.33. The molecule has 0 aromatic heterocycles. The summed E-state index contributed by atoms with van der Waals surface area (Å²) in [6, 6.07) is 41.7. The van der Waals surface area contributed by atoms with Gasteiger partial charge in [0.2, 0.25) is 0 Å². The van der Waals surface area contributed by atoms with Crippen LogP contribution in [0.5, 0.6) is 0 Å². The van der Waals surface area contributed by atoms with Crippen molar-refractivity contribution in [1.82, 2.24) is 0 Å². The van der Waals surface area contributed by atoms with Gasteiger partial charge in [0, 0.05) is 6.26 Å². The predicted molar refractivity (Wildman–Crippen MR) is 269 cm³/mol.